The van der Waals surface area contributed by atoms with Gasteiger partial charge in [0.2, 0.25) is 15.7 Å². The van der Waals surface area contributed by atoms with Gasteiger partial charge in [0, 0.05) is 6.42 Å². The highest BCUT2D eigenvalue weighted by atomic mass is 32.2. The Labute approximate surface area is 239 Å². The van der Waals surface area contributed by atoms with Crippen molar-refractivity contribution in [2.75, 3.05) is 14.2 Å². The SMILES string of the molecule is CCCCc1nc(O)c(S(=O)(=O)c2ccc(-c3ccc(OC(F)(F)F)cc3)cc2)c(=O)n1-c1c(OC)cccc1OC. The number of nitrogens with zero attached hydrogens (tertiary/aromatic N) is 2. The van der Waals surface area contributed by atoms with Crippen LogP contribution in [0.15, 0.2) is 81.3 Å². The molecular formula is C29H27F3N2O7S. The molecule has 1 heterocycles. The molecule has 42 heavy (non-hydrogen) atoms. The highest BCUT2D eigenvalue weighted by Crippen LogP contribution is 2.35. The Morgan fingerprint density at radius 1 is 0.905 bits per heavy atom. The van der Waals surface area contributed by atoms with Crippen LogP contribution in [0.25, 0.3) is 16.8 Å². The topological polar surface area (TPSA) is 117 Å². The van der Waals surface area contributed by atoms with Crippen LogP contribution < -0.4 is 19.8 Å². The van der Waals surface area contributed by atoms with E-state index in [0.717, 1.165) is 23.1 Å². The van der Waals surface area contributed by atoms with Gasteiger partial charge >= 0.3 is 6.36 Å². The number of hydrogen-bond acceptors (Lipinski definition) is 8. The fourth-order valence-electron chi connectivity index (χ4n) is 4.35. The van der Waals surface area contributed by atoms with Gasteiger partial charge in [-0.1, -0.05) is 43.7 Å². The van der Waals surface area contributed by atoms with Gasteiger partial charge in [-0.05, 0) is 53.9 Å². The molecule has 0 amide bonds. The number of aromatic hydroxyl groups is 1. The number of hydrogen-bond donors (Lipinski definition) is 1. The lowest BCUT2D eigenvalue weighted by atomic mass is 10.1. The van der Waals surface area contributed by atoms with Crippen molar-refractivity contribution in [1.82, 2.24) is 9.55 Å². The molecule has 0 aliphatic carbocycles. The number of methoxy groups -OCH3 is 2. The summed E-state index contributed by atoms with van der Waals surface area (Å²) in [6, 6.07) is 15.1. The molecule has 4 rings (SSSR count). The second-order valence-electron chi connectivity index (χ2n) is 9.04. The normalized spacial score (nSPS) is 11.8. The molecule has 0 aliphatic heterocycles. The molecule has 1 N–H and O–H groups in total. The van der Waals surface area contributed by atoms with Crippen LogP contribution in [0.3, 0.4) is 0 Å². The number of rotatable bonds is 10. The number of unbranched alkanes of at least 4 members (excludes halogenated alkanes) is 1. The Morgan fingerprint density at radius 2 is 1.45 bits per heavy atom. The monoisotopic (exact) mass is 604 g/mol. The summed E-state index contributed by atoms with van der Waals surface area (Å²) in [6.07, 6.45) is -3.24. The van der Waals surface area contributed by atoms with Crippen LogP contribution in [0.4, 0.5) is 13.2 Å². The largest absolute Gasteiger partial charge is 0.573 e. The molecule has 0 aliphatic rings. The minimum Gasteiger partial charge on any atom is -0.494 e. The summed E-state index contributed by atoms with van der Waals surface area (Å²) < 4.78 is 80.6. The maximum atomic E-state index is 13.9. The van der Waals surface area contributed by atoms with Crippen LogP contribution in [0, 0.1) is 0 Å². The van der Waals surface area contributed by atoms with Gasteiger partial charge in [-0.3, -0.25) is 9.36 Å². The number of halogens is 3. The lowest BCUT2D eigenvalue weighted by Gasteiger charge is -2.19. The fourth-order valence-corrected chi connectivity index (χ4v) is 5.69. The molecule has 0 bridgehead atoms. The van der Waals surface area contributed by atoms with E-state index in [2.05, 4.69) is 9.72 Å². The van der Waals surface area contributed by atoms with E-state index >= 15 is 0 Å². The van der Waals surface area contributed by atoms with Gasteiger partial charge in [0.15, 0.2) is 4.90 Å². The molecule has 0 fully saturated rings. The van der Waals surface area contributed by atoms with Crippen LogP contribution in [-0.2, 0) is 16.3 Å². The van der Waals surface area contributed by atoms with E-state index in [4.69, 9.17) is 9.47 Å². The predicted molar refractivity (Wildman–Crippen MR) is 147 cm³/mol. The second kappa shape index (κ2) is 12.1. The molecule has 0 atom stereocenters. The first-order valence-electron chi connectivity index (χ1n) is 12.7. The Bertz CT molecular complexity index is 1710. The van der Waals surface area contributed by atoms with Gasteiger partial charge in [0.05, 0.1) is 19.1 Å². The maximum Gasteiger partial charge on any atom is 0.573 e. The minimum absolute atomic E-state index is 0.120. The molecule has 0 radical (unpaired) electrons. The molecule has 0 unspecified atom stereocenters. The lowest BCUT2D eigenvalue weighted by molar-refractivity contribution is -0.274. The van der Waals surface area contributed by atoms with Crippen molar-refractivity contribution in [3.8, 4) is 39.9 Å². The van der Waals surface area contributed by atoms with Gasteiger partial charge in [-0.2, -0.15) is 4.98 Å². The molecule has 13 heteroatoms. The average molecular weight is 605 g/mol. The van der Waals surface area contributed by atoms with Crippen LogP contribution in [-0.4, -0.2) is 43.7 Å². The van der Waals surface area contributed by atoms with Crippen molar-refractivity contribution in [2.24, 2.45) is 0 Å². The summed E-state index contributed by atoms with van der Waals surface area (Å²) in [5, 5.41) is 10.8. The van der Waals surface area contributed by atoms with E-state index in [1.807, 2.05) is 6.92 Å². The zero-order chi connectivity index (χ0) is 30.7. The van der Waals surface area contributed by atoms with Crippen molar-refractivity contribution >= 4 is 9.84 Å². The molecular weight excluding hydrogens is 577 g/mol. The second-order valence-corrected chi connectivity index (χ2v) is 10.9. The van der Waals surface area contributed by atoms with Crippen molar-refractivity contribution in [3.63, 3.8) is 0 Å². The van der Waals surface area contributed by atoms with Gasteiger partial charge in [0.1, 0.15) is 28.8 Å². The first kappa shape index (κ1) is 30.4. The number of aryl methyl sites for hydroxylation is 1. The molecule has 0 saturated carbocycles. The first-order chi connectivity index (χ1) is 19.9. The molecule has 4 aromatic rings. The van der Waals surface area contributed by atoms with Crippen molar-refractivity contribution in [1.29, 1.82) is 0 Å². The third-order valence-corrected chi connectivity index (χ3v) is 8.11. The Balaban J connectivity index is 1.81. The summed E-state index contributed by atoms with van der Waals surface area (Å²) in [7, 11) is -1.83. The van der Waals surface area contributed by atoms with Gasteiger partial charge in [0.25, 0.3) is 5.56 Å². The summed E-state index contributed by atoms with van der Waals surface area (Å²) in [6.45, 7) is 1.93. The maximum absolute atomic E-state index is 13.9. The van der Waals surface area contributed by atoms with Crippen LogP contribution in [0.5, 0.6) is 23.1 Å². The molecule has 0 saturated heterocycles. The Hall–Kier alpha value is -4.52. The third-order valence-electron chi connectivity index (χ3n) is 6.33. The average Bonchev–Trinajstić information content (AvgIpc) is 2.95. The van der Waals surface area contributed by atoms with E-state index < -0.39 is 38.3 Å². The quantitative estimate of drug-likeness (QED) is 0.245. The van der Waals surface area contributed by atoms with Crippen molar-refractivity contribution in [3.05, 3.63) is 82.9 Å². The minimum atomic E-state index is -4.83. The first-order valence-corrected chi connectivity index (χ1v) is 14.2. The summed E-state index contributed by atoms with van der Waals surface area (Å²) in [5.41, 5.74) is 0.0707. The number of sulfone groups is 1. The van der Waals surface area contributed by atoms with Gasteiger partial charge in [-0.25, -0.2) is 8.42 Å². The van der Waals surface area contributed by atoms with E-state index in [0.29, 0.717) is 17.5 Å². The lowest BCUT2D eigenvalue weighted by Crippen LogP contribution is -2.29. The van der Waals surface area contributed by atoms with E-state index in [9.17, 15) is 31.5 Å². The highest BCUT2D eigenvalue weighted by molar-refractivity contribution is 7.91. The smallest absolute Gasteiger partial charge is 0.494 e. The van der Waals surface area contributed by atoms with Crippen molar-refractivity contribution in [2.45, 2.75) is 42.3 Å². The third kappa shape index (κ3) is 6.20. The number of para-hydroxylation sites is 1. The predicted octanol–water partition coefficient (Wildman–Crippen LogP) is 5.70. The summed E-state index contributed by atoms with van der Waals surface area (Å²) in [5.74, 6) is -0.782. The van der Waals surface area contributed by atoms with Gasteiger partial charge < -0.3 is 19.3 Å². The number of alkyl halides is 3. The fraction of sp³-hybridized carbons (Fsp3) is 0.241. The Kier molecular flexibility index (Phi) is 8.81. The Morgan fingerprint density at radius 3 is 1.95 bits per heavy atom. The molecule has 3 aromatic carbocycles. The zero-order valence-electron chi connectivity index (χ0n) is 22.8. The number of aromatic nitrogens is 2. The standard InChI is InChI=1S/C29H27F3N2O7S/c1-4-5-9-24-33-27(35)26(28(36)34(24)25-22(39-2)7-6-8-23(25)40-3)42(37,38)21-16-12-19(13-17-21)18-10-14-20(15-11-18)41-29(30,31)32/h6-8,10-17,35H,4-5,9H2,1-3H3. The summed E-state index contributed by atoms with van der Waals surface area (Å²) >= 11 is 0. The number of ether oxygens (including phenoxy) is 3. The van der Waals surface area contributed by atoms with Crippen LogP contribution in [0.2, 0.25) is 0 Å². The molecule has 222 valence electrons. The van der Waals surface area contributed by atoms with Crippen LogP contribution in [0.1, 0.15) is 25.6 Å². The van der Waals surface area contributed by atoms with E-state index in [1.54, 1.807) is 18.2 Å². The molecule has 0 spiro atoms. The molecule has 1 aromatic heterocycles. The number of benzene rings is 3. The molecule has 9 nitrogen and oxygen atoms in total. The highest BCUT2D eigenvalue weighted by Gasteiger charge is 2.32. The zero-order valence-corrected chi connectivity index (χ0v) is 23.6. The van der Waals surface area contributed by atoms with E-state index in [1.165, 1.54) is 50.6 Å². The summed E-state index contributed by atoms with van der Waals surface area (Å²) in [4.78, 5) is 16.8. The van der Waals surface area contributed by atoms with Crippen LogP contribution >= 0.6 is 0 Å². The van der Waals surface area contributed by atoms with Gasteiger partial charge in [-0.15, -0.1) is 13.2 Å². The van der Waals surface area contributed by atoms with E-state index in [-0.39, 0.29) is 34.3 Å². The van der Waals surface area contributed by atoms with Crippen molar-refractivity contribution < 1.29 is 40.9 Å².